The third-order valence-electron chi connectivity index (χ3n) is 1.98. The fourth-order valence-corrected chi connectivity index (χ4v) is 1.55. The monoisotopic (exact) mass is 208 g/mol. The van der Waals surface area contributed by atoms with Crippen LogP contribution < -0.4 is 10.5 Å². The summed E-state index contributed by atoms with van der Waals surface area (Å²) in [6, 6.07) is 7.20. The number of methoxy groups -OCH3 is 1. The van der Waals surface area contributed by atoms with Gasteiger partial charge in [0.2, 0.25) is 0 Å². The molecule has 3 nitrogen and oxygen atoms in total. The van der Waals surface area contributed by atoms with Crippen molar-refractivity contribution in [2.45, 2.75) is 0 Å². The van der Waals surface area contributed by atoms with Crippen molar-refractivity contribution in [1.82, 2.24) is 4.98 Å². The molecular weight excluding hydrogens is 200 g/mol. The smallest absolute Gasteiger partial charge is 0.139 e. The first-order valence-corrected chi connectivity index (χ1v) is 4.48. The highest BCUT2D eigenvalue weighted by atomic mass is 35.5. The van der Waals surface area contributed by atoms with Gasteiger partial charge in [-0.05, 0) is 18.2 Å². The van der Waals surface area contributed by atoms with Gasteiger partial charge in [-0.1, -0.05) is 11.6 Å². The van der Waals surface area contributed by atoms with E-state index in [1.807, 2.05) is 12.1 Å². The minimum Gasteiger partial charge on any atom is -0.495 e. The molecule has 0 aliphatic carbocycles. The maximum atomic E-state index is 5.96. The van der Waals surface area contributed by atoms with Crippen LogP contribution in [0.2, 0.25) is 5.02 Å². The Labute approximate surface area is 86.5 Å². The molecule has 2 N–H and O–H groups in total. The second kappa shape index (κ2) is 3.35. The number of rotatable bonds is 1. The van der Waals surface area contributed by atoms with E-state index in [4.69, 9.17) is 22.1 Å². The van der Waals surface area contributed by atoms with Gasteiger partial charge in [0.1, 0.15) is 11.6 Å². The van der Waals surface area contributed by atoms with Gasteiger partial charge in [0.05, 0.1) is 17.6 Å². The van der Waals surface area contributed by atoms with E-state index in [1.165, 1.54) is 0 Å². The second-order valence-corrected chi connectivity index (χ2v) is 3.32. The summed E-state index contributed by atoms with van der Waals surface area (Å²) in [4.78, 5) is 4.16. The lowest BCUT2D eigenvalue weighted by atomic mass is 10.2. The van der Waals surface area contributed by atoms with Gasteiger partial charge in [0.25, 0.3) is 0 Å². The van der Waals surface area contributed by atoms with Crippen molar-refractivity contribution < 1.29 is 4.74 Å². The topological polar surface area (TPSA) is 48.1 Å². The Morgan fingerprint density at radius 1 is 1.36 bits per heavy atom. The number of nitrogens with two attached hydrogens (primary N) is 1. The number of nitrogen functional groups attached to an aromatic ring is 1. The summed E-state index contributed by atoms with van der Waals surface area (Å²) in [7, 11) is 1.57. The number of pyridine rings is 1. The van der Waals surface area contributed by atoms with Crippen LogP contribution in [0.1, 0.15) is 0 Å². The Hall–Kier alpha value is -1.48. The highest BCUT2D eigenvalue weighted by molar-refractivity contribution is 6.32. The summed E-state index contributed by atoms with van der Waals surface area (Å²) in [5, 5.41) is 1.52. The summed E-state index contributed by atoms with van der Waals surface area (Å²) < 4.78 is 5.08. The Bertz CT molecular complexity index is 485. The van der Waals surface area contributed by atoms with Gasteiger partial charge in [-0.15, -0.1) is 0 Å². The van der Waals surface area contributed by atoms with Crippen molar-refractivity contribution in [3.63, 3.8) is 0 Å². The van der Waals surface area contributed by atoms with Crippen LogP contribution in [0.4, 0.5) is 5.82 Å². The van der Waals surface area contributed by atoms with E-state index in [0.29, 0.717) is 16.6 Å². The van der Waals surface area contributed by atoms with E-state index >= 15 is 0 Å². The van der Waals surface area contributed by atoms with Gasteiger partial charge in [-0.2, -0.15) is 0 Å². The average Bonchev–Trinajstić information content (AvgIpc) is 2.17. The van der Waals surface area contributed by atoms with Crippen molar-refractivity contribution in [3.05, 3.63) is 29.3 Å². The van der Waals surface area contributed by atoms with Crippen molar-refractivity contribution in [3.8, 4) is 5.75 Å². The number of halogens is 1. The van der Waals surface area contributed by atoms with Gasteiger partial charge in [-0.25, -0.2) is 4.98 Å². The van der Waals surface area contributed by atoms with Crippen LogP contribution in [0.3, 0.4) is 0 Å². The second-order valence-electron chi connectivity index (χ2n) is 2.92. The van der Waals surface area contributed by atoms with Gasteiger partial charge < -0.3 is 10.5 Å². The summed E-state index contributed by atoms with van der Waals surface area (Å²) in [5.74, 6) is 1.10. The number of benzene rings is 1. The van der Waals surface area contributed by atoms with Gasteiger partial charge in [-0.3, -0.25) is 0 Å². The van der Waals surface area contributed by atoms with Crippen LogP contribution in [-0.2, 0) is 0 Å². The quantitative estimate of drug-likeness (QED) is 0.783. The molecular formula is C10H9ClN2O. The largest absolute Gasteiger partial charge is 0.495 e. The maximum Gasteiger partial charge on any atom is 0.139 e. The third-order valence-corrected chi connectivity index (χ3v) is 2.28. The molecule has 0 aliphatic rings. The molecule has 0 aliphatic heterocycles. The summed E-state index contributed by atoms with van der Waals surface area (Å²) >= 11 is 5.96. The number of ether oxygens (including phenoxy) is 1. The zero-order valence-electron chi connectivity index (χ0n) is 7.62. The van der Waals surface area contributed by atoms with Crippen LogP contribution in [0.15, 0.2) is 24.3 Å². The van der Waals surface area contributed by atoms with Crippen molar-refractivity contribution in [2.24, 2.45) is 0 Å². The highest BCUT2D eigenvalue weighted by Gasteiger charge is 2.03. The van der Waals surface area contributed by atoms with E-state index in [9.17, 15) is 0 Å². The van der Waals surface area contributed by atoms with Gasteiger partial charge in [0.15, 0.2) is 0 Å². The molecule has 72 valence electrons. The fraction of sp³-hybridized carbons (Fsp3) is 0.100. The third kappa shape index (κ3) is 1.46. The zero-order valence-corrected chi connectivity index (χ0v) is 8.38. The SMILES string of the molecule is COc1cc2nc(N)ccc2cc1Cl. The molecule has 0 saturated heterocycles. The van der Waals surface area contributed by atoms with E-state index in [2.05, 4.69) is 4.98 Å². The van der Waals surface area contributed by atoms with Crippen LogP contribution >= 0.6 is 11.6 Å². The van der Waals surface area contributed by atoms with Crippen molar-refractivity contribution in [2.75, 3.05) is 12.8 Å². The first-order valence-electron chi connectivity index (χ1n) is 4.10. The number of nitrogens with zero attached hydrogens (tertiary/aromatic N) is 1. The lowest BCUT2D eigenvalue weighted by molar-refractivity contribution is 0.415. The van der Waals surface area contributed by atoms with E-state index in [0.717, 1.165) is 10.9 Å². The molecule has 14 heavy (non-hydrogen) atoms. The van der Waals surface area contributed by atoms with Gasteiger partial charge in [0, 0.05) is 11.5 Å². The molecule has 1 aromatic heterocycles. The number of anilines is 1. The minimum atomic E-state index is 0.488. The minimum absolute atomic E-state index is 0.488. The molecule has 0 radical (unpaired) electrons. The molecule has 1 heterocycles. The zero-order chi connectivity index (χ0) is 10.1. The Kier molecular flexibility index (Phi) is 2.17. The van der Waals surface area contributed by atoms with Crippen molar-refractivity contribution >= 4 is 28.3 Å². The number of fused-ring (bicyclic) bond motifs is 1. The number of hydrogen-bond donors (Lipinski definition) is 1. The summed E-state index contributed by atoms with van der Waals surface area (Å²) in [5.41, 5.74) is 6.35. The lowest BCUT2D eigenvalue weighted by Crippen LogP contribution is -1.91. The molecule has 4 heteroatoms. The lowest BCUT2D eigenvalue weighted by Gasteiger charge is -2.04. The molecule has 0 atom stereocenters. The Morgan fingerprint density at radius 2 is 2.14 bits per heavy atom. The maximum absolute atomic E-state index is 5.96. The summed E-state index contributed by atoms with van der Waals surface area (Å²) in [6.07, 6.45) is 0. The molecule has 0 amide bonds. The van der Waals surface area contributed by atoms with Crippen molar-refractivity contribution in [1.29, 1.82) is 0 Å². The standard InChI is InChI=1S/C10H9ClN2O/c1-14-9-5-8-6(4-7(9)11)2-3-10(12)13-8/h2-5H,1H3,(H2,12,13). The predicted molar refractivity (Wildman–Crippen MR) is 57.7 cm³/mol. The molecule has 2 rings (SSSR count). The van der Waals surface area contributed by atoms with Gasteiger partial charge >= 0.3 is 0 Å². The highest BCUT2D eigenvalue weighted by Crippen LogP contribution is 2.29. The van der Waals surface area contributed by atoms with Crippen LogP contribution in [-0.4, -0.2) is 12.1 Å². The first-order chi connectivity index (χ1) is 6.70. The number of aromatic nitrogens is 1. The number of hydrogen-bond acceptors (Lipinski definition) is 3. The van der Waals surface area contributed by atoms with E-state index < -0.39 is 0 Å². The molecule has 0 fully saturated rings. The molecule has 0 unspecified atom stereocenters. The van der Waals surface area contributed by atoms with E-state index in [-0.39, 0.29) is 0 Å². The normalized spacial score (nSPS) is 10.4. The Balaban J connectivity index is 2.73. The van der Waals surface area contributed by atoms with Crippen LogP contribution in [0.5, 0.6) is 5.75 Å². The molecule has 1 aromatic carbocycles. The van der Waals surface area contributed by atoms with E-state index in [1.54, 1.807) is 19.2 Å². The molecule has 0 saturated carbocycles. The Morgan fingerprint density at radius 3 is 2.86 bits per heavy atom. The fourth-order valence-electron chi connectivity index (χ4n) is 1.30. The molecule has 0 bridgehead atoms. The average molecular weight is 209 g/mol. The first kappa shape index (κ1) is 9.09. The van der Waals surface area contributed by atoms with Crippen LogP contribution in [0.25, 0.3) is 10.9 Å². The van der Waals surface area contributed by atoms with Crippen LogP contribution in [0, 0.1) is 0 Å². The summed E-state index contributed by atoms with van der Waals surface area (Å²) in [6.45, 7) is 0. The molecule has 2 aromatic rings. The molecule has 0 spiro atoms. The predicted octanol–water partition coefficient (Wildman–Crippen LogP) is 2.48.